The molecular weight excluding hydrogens is 124 g/mol. The first-order valence-electron chi connectivity index (χ1n) is 3.32. The van der Waals surface area contributed by atoms with Crippen LogP contribution in [-0.2, 0) is 0 Å². The van der Waals surface area contributed by atoms with Crippen molar-refractivity contribution in [3.05, 3.63) is 24.8 Å². The lowest BCUT2D eigenvalue weighted by atomic mass is 9.99. The molecule has 10 heavy (non-hydrogen) atoms. The van der Waals surface area contributed by atoms with Gasteiger partial charge in [0.05, 0.1) is 5.54 Å². The summed E-state index contributed by atoms with van der Waals surface area (Å²) in [7, 11) is 0. The third-order valence-corrected chi connectivity index (χ3v) is 1.34. The fourth-order valence-corrected chi connectivity index (χ4v) is 0.802. The quantitative estimate of drug-likeness (QED) is 0.458. The number of allylic oxidation sites excluding steroid dienone is 1. The molecule has 0 heterocycles. The van der Waals surface area contributed by atoms with Crippen LogP contribution in [0, 0.1) is 5.53 Å². The molecule has 0 fully saturated rings. The topological polar surface area (TPSA) is 36.2 Å². The molecule has 0 spiro atoms. The second-order valence-corrected chi connectivity index (χ2v) is 2.46. The smallest absolute Gasteiger partial charge is 0.0999 e. The summed E-state index contributed by atoms with van der Waals surface area (Å²) in [5, 5.41) is 3.49. The van der Waals surface area contributed by atoms with Gasteiger partial charge in [0.25, 0.3) is 0 Å². The van der Waals surface area contributed by atoms with Crippen LogP contribution in [0.1, 0.15) is 20.3 Å². The van der Waals surface area contributed by atoms with E-state index in [1.54, 1.807) is 6.08 Å². The number of hydrogen-bond donors (Lipinski definition) is 1. The Labute approximate surface area is 62.2 Å². The highest BCUT2D eigenvalue weighted by Crippen LogP contribution is 2.16. The van der Waals surface area contributed by atoms with E-state index in [0.29, 0.717) is 0 Å². The first-order chi connectivity index (χ1) is 4.68. The van der Waals surface area contributed by atoms with E-state index in [-0.39, 0.29) is 5.54 Å². The van der Waals surface area contributed by atoms with Crippen molar-refractivity contribution in [1.82, 2.24) is 0 Å². The molecular formula is C8H14N2. The molecule has 0 radical (unpaired) electrons. The van der Waals surface area contributed by atoms with Gasteiger partial charge in [0.2, 0.25) is 0 Å². The maximum Gasteiger partial charge on any atom is 0.0999 e. The molecule has 1 unspecified atom stereocenters. The van der Waals surface area contributed by atoms with Crippen LogP contribution < -0.4 is 0 Å². The van der Waals surface area contributed by atoms with Gasteiger partial charge in [-0.3, -0.25) is 0 Å². The Balaban J connectivity index is 4.20. The van der Waals surface area contributed by atoms with Gasteiger partial charge in [-0.15, -0.1) is 6.58 Å². The van der Waals surface area contributed by atoms with Crippen molar-refractivity contribution >= 4 is 0 Å². The average Bonchev–Trinajstić information content (AvgIpc) is 1.89. The maximum absolute atomic E-state index is 6.89. The first-order valence-corrected chi connectivity index (χ1v) is 3.32. The third kappa shape index (κ3) is 2.58. The van der Waals surface area contributed by atoms with E-state index in [1.165, 1.54) is 0 Å². The number of rotatable bonds is 4. The molecule has 0 aliphatic rings. The summed E-state index contributed by atoms with van der Waals surface area (Å²) in [6.45, 7) is 7.43. The second kappa shape index (κ2) is 3.99. The van der Waals surface area contributed by atoms with Crippen LogP contribution in [-0.4, -0.2) is 5.54 Å². The molecule has 0 saturated carbocycles. The molecule has 0 bridgehead atoms. The zero-order valence-corrected chi connectivity index (χ0v) is 6.59. The van der Waals surface area contributed by atoms with E-state index in [4.69, 9.17) is 5.53 Å². The third-order valence-electron chi connectivity index (χ3n) is 1.34. The molecule has 1 N–H and O–H groups in total. The molecule has 56 valence electrons. The fraction of sp³-hybridized carbons (Fsp3) is 0.500. The summed E-state index contributed by atoms with van der Waals surface area (Å²) >= 11 is 0. The van der Waals surface area contributed by atoms with Crippen LogP contribution >= 0.6 is 0 Å². The number of nitrogens with zero attached hydrogens (tertiary/aromatic N) is 1. The Bertz CT molecular complexity index is 149. The van der Waals surface area contributed by atoms with Crippen molar-refractivity contribution in [3.63, 3.8) is 0 Å². The summed E-state index contributed by atoms with van der Waals surface area (Å²) in [5.74, 6) is 0. The standard InChI is InChI=1S/C8H14N2/c1-4-6-8(3,10-9)7-5-2/h4-5,7,9H,1,6H2,2-3H3/b7-5-,10-9?. The summed E-state index contributed by atoms with van der Waals surface area (Å²) < 4.78 is 0. The highest BCUT2D eigenvalue weighted by atomic mass is 15.0. The zero-order valence-electron chi connectivity index (χ0n) is 6.59. The van der Waals surface area contributed by atoms with Crippen LogP contribution in [0.2, 0.25) is 0 Å². The highest BCUT2D eigenvalue weighted by molar-refractivity contribution is 5.04. The largest absolute Gasteiger partial charge is 0.209 e. The predicted molar refractivity (Wildman–Crippen MR) is 43.2 cm³/mol. The predicted octanol–water partition coefficient (Wildman–Crippen LogP) is 2.93. The van der Waals surface area contributed by atoms with E-state index in [0.717, 1.165) is 6.42 Å². The van der Waals surface area contributed by atoms with Crippen LogP contribution in [0.3, 0.4) is 0 Å². The molecule has 0 aliphatic carbocycles. The summed E-state index contributed by atoms with van der Waals surface area (Å²) in [4.78, 5) is 0. The van der Waals surface area contributed by atoms with Crippen LogP contribution in [0.5, 0.6) is 0 Å². The van der Waals surface area contributed by atoms with E-state index in [9.17, 15) is 0 Å². The lowest BCUT2D eigenvalue weighted by Gasteiger charge is -2.15. The first kappa shape index (κ1) is 9.08. The minimum atomic E-state index is -0.365. The Morgan fingerprint density at radius 3 is 2.60 bits per heavy atom. The molecule has 0 aromatic carbocycles. The molecule has 0 rings (SSSR count). The van der Waals surface area contributed by atoms with Gasteiger partial charge in [-0.05, 0) is 20.3 Å². The molecule has 2 nitrogen and oxygen atoms in total. The summed E-state index contributed by atoms with van der Waals surface area (Å²) in [5.41, 5.74) is 6.52. The van der Waals surface area contributed by atoms with Gasteiger partial charge in [0, 0.05) is 0 Å². The molecule has 0 aromatic heterocycles. The average molecular weight is 138 g/mol. The van der Waals surface area contributed by atoms with E-state index < -0.39 is 0 Å². The van der Waals surface area contributed by atoms with Crippen molar-refractivity contribution < 1.29 is 0 Å². The highest BCUT2D eigenvalue weighted by Gasteiger charge is 2.15. The molecule has 0 saturated heterocycles. The normalized spacial score (nSPS) is 16.6. The fourth-order valence-electron chi connectivity index (χ4n) is 0.802. The molecule has 0 amide bonds. The molecule has 0 aromatic rings. The van der Waals surface area contributed by atoms with Crippen molar-refractivity contribution in [3.8, 4) is 0 Å². The van der Waals surface area contributed by atoms with Crippen molar-refractivity contribution in [2.75, 3.05) is 0 Å². The Hall–Kier alpha value is -0.920. The van der Waals surface area contributed by atoms with Gasteiger partial charge in [0.15, 0.2) is 0 Å². The summed E-state index contributed by atoms with van der Waals surface area (Å²) in [6, 6.07) is 0. The molecule has 0 aliphatic heterocycles. The van der Waals surface area contributed by atoms with Crippen LogP contribution in [0.4, 0.5) is 0 Å². The van der Waals surface area contributed by atoms with Crippen molar-refractivity contribution in [2.24, 2.45) is 5.11 Å². The Morgan fingerprint density at radius 2 is 2.30 bits per heavy atom. The molecule has 1 atom stereocenters. The Kier molecular flexibility index (Phi) is 3.62. The van der Waals surface area contributed by atoms with Gasteiger partial charge in [-0.25, -0.2) is 5.53 Å². The monoisotopic (exact) mass is 138 g/mol. The van der Waals surface area contributed by atoms with E-state index in [2.05, 4.69) is 11.7 Å². The SMILES string of the molecule is C=CCC(C)(/C=C\C)N=N. The van der Waals surface area contributed by atoms with E-state index in [1.807, 2.05) is 26.0 Å². The summed E-state index contributed by atoms with van der Waals surface area (Å²) in [6.07, 6.45) is 6.31. The van der Waals surface area contributed by atoms with Crippen molar-refractivity contribution in [2.45, 2.75) is 25.8 Å². The van der Waals surface area contributed by atoms with Gasteiger partial charge < -0.3 is 0 Å². The zero-order chi connectivity index (χ0) is 8.04. The van der Waals surface area contributed by atoms with Crippen molar-refractivity contribution in [1.29, 1.82) is 5.53 Å². The maximum atomic E-state index is 6.89. The van der Waals surface area contributed by atoms with Crippen LogP contribution in [0.15, 0.2) is 29.9 Å². The van der Waals surface area contributed by atoms with Gasteiger partial charge in [-0.1, -0.05) is 18.2 Å². The second-order valence-electron chi connectivity index (χ2n) is 2.46. The van der Waals surface area contributed by atoms with Gasteiger partial charge in [0.1, 0.15) is 0 Å². The van der Waals surface area contributed by atoms with E-state index >= 15 is 0 Å². The van der Waals surface area contributed by atoms with Gasteiger partial charge in [-0.2, -0.15) is 5.11 Å². The Morgan fingerprint density at radius 1 is 1.70 bits per heavy atom. The minimum Gasteiger partial charge on any atom is -0.209 e. The lowest BCUT2D eigenvalue weighted by molar-refractivity contribution is 0.550. The van der Waals surface area contributed by atoms with Gasteiger partial charge >= 0.3 is 0 Å². The number of hydrogen-bond acceptors (Lipinski definition) is 2. The van der Waals surface area contributed by atoms with Crippen LogP contribution in [0.25, 0.3) is 0 Å². The molecule has 2 heteroatoms. The lowest BCUT2D eigenvalue weighted by Crippen LogP contribution is -2.15. The minimum absolute atomic E-state index is 0.365. The number of nitrogens with one attached hydrogen (secondary N) is 1.